The Balaban J connectivity index is 1.58. The van der Waals surface area contributed by atoms with E-state index in [1.54, 1.807) is 0 Å². The quantitative estimate of drug-likeness (QED) is 0.122. The third-order valence-corrected chi connectivity index (χ3v) is 8.41. The van der Waals surface area contributed by atoms with Crippen LogP contribution in [0.25, 0.3) is 0 Å². The number of phenols is 2. The first-order chi connectivity index (χ1) is 21.2. The zero-order chi connectivity index (χ0) is 33.0. The van der Waals surface area contributed by atoms with Crippen molar-refractivity contribution in [3.8, 4) is 17.2 Å². The zero-order valence-electron chi connectivity index (χ0n) is 24.5. The summed E-state index contributed by atoms with van der Waals surface area (Å²) in [4.78, 5) is 56.7. The van der Waals surface area contributed by atoms with Gasteiger partial charge in [-0.1, -0.05) is 12.1 Å². The molecule has 0 spiro atoms. The van der Waals surface area contributed by atoms with E-state index in [4.69, 9.17) is 19.0 Å². The van der Waals surface area contributed by atoms with Gasteiger partial charge in [-0.3, -0.25) is 14.4 Å². The summed E-state index contributed by atoms with van der Waals surface area (Å²) in [5.74, 6) is -5.13. The van der Waals surface area contributed by atoms with Gasteiger partial charge in [0.05, 0.1) is 48.2 Å². The van der Waals surface area contributed by atoms with E-state index in [0.717, 1.165) is 0 Å². The molecule has 2 aromatic rings. The van der Waals surface area contributed by atoms with Gasteiger partial charge >= 0.3 is 5.97 Å². The number of hydroxylamine groups is 1. The predicted octanol–water partition coefficient (Wildman–Crippen LogP) is -0.529. The average Bonchev–Trinajstić information content (AvgIpc) is 3.01. The lowest BCUT2D eigenvalue weighted by Crippen LogP contribution is -2.55. The molecule has 2 aromatic carbocycles. The molecule has 0 amide bonds. The van der Waals surface area contributed by atoms with Crippen LogP contribution < -0.4 is 10.2 Å². The number of Topliss-reactive ketones (excluding diaryl/α,β-unsaturated/α-hetero) is 1. The van der Waals surface area contributed by atoms with Crippen molar-refractivity contribution in [2.75, 3.05) is 13.7 Å². The van der Waals surface area contributed by atoms with Crippen molar-refractivity contribution >= 4 is 23.3 Å². The molecule has 0 saturated carbocycles. The highest BCUT2D eigenvalue weighted by Gasteiger charge is 2.50. The number of rotatable bonds is 8. The first-order valence-corrected chi connectivity index (χ1v) is 14.1. The number of phenolic OH excluding ortho intramolecular Hbond substituents is 2. The number of fused-ring (bicyclic) bond motifs is 3. The molecule has 0 radical (unpaired) electrons. The zero-order valence-corrected chi connectivity index (χ0v) is 24.5. The maximum atomic E-state index is 13.8. The Morgan fingerprint density at radius 2 is 1.82 bits per heavy atom. The Kier molecular flexibility index (Phi) is 8.72. The van der Waals surface area contributed by atoms with E-state index in [2.05, 4.69) is 5.48 Å². The molecule has 0 bridgehead atoms. The third-order valence-electron chi connectivity index (χ3n) is 8.41. The normalized spacial score (nSPS) is 28.0. The fourth-order valence-corrected chi connectivity index (χ4v) is 6.05. The highest BCUT2D eigenvalue weighted by molar-refractivity contribution is 6.31. The van der Waals surface area contributed by atoms with E-state index in [9.17, 15) is 49.8 Å². The van der Waals surface area contributed by atoms with E-state index in [0.29, 0.717) is 0 Å². The van der Waals surface area contributed by atoms with Gasteiger partial charge < -0.3 is 49.7 Å². The number of aromatic hydroxyl groups is 2. The summed E-state index contributed by atoms with van der Waals surface area (Å²) in [5.41, 5.74) is -1.72. The van der Waals surface area contributed by atoms with Crippen LogP contribution in [0.3, 0.4) is 0 Å². The molecular weight excluding hydrogens is 598 g/mol. The fraction of sp³-hybridized carbons (Fsp3) is 0.467. The minimum Gasteiger partial charge on any atom is -0.507 e. The van der Waals surface area contributed by atoms with Crippen molar-refractivity contribution in [1.82, 2.24) is 5.48 Å². The molecule has 7 atom stereocenters. The van der Waals surface area contributed by atoms with Gasteiger partial charge in [0.2, 0.25) is 5.78 Å². The summed E-state index contributed by atoms with van der Waals surface area (Å²) in [6.45, 7) is 1.59. The largest absolute Gasteiger partial charge is 0.507 e. The van der Waals surface area contributed by atoms with Gasteiger partial charge in [-0.2, -0.15) is 0 Å². The monoisotopic (exact) mass is 631 g/mol. The van der Waals surface area contributed by atoms with E-state index in [1.165, 1.54) is 39.2 Å². The van der Waals surface area contributed by atoms with Crippen molar-refractivity contribution in [3.05, 3.63) is 51.6 Å². The molecule has 7 N–H and O–H groups in total. The van der Waals surface area contributed by atoms with Crippen LogP contribution in [0, 0.1) is 0 Å². The first-order valence-electron chi connectivity index (χ1n) is 14.1. The molecule has 45 heavy (non-hydrogen) atoms. The molecule has 1 saturated heterocycles. The molecule has 1 heterocycles. The number of ketones is 3. The van der Waals surface area contributed by atoms with E-state index < -0.39 is 108 Å². The second-order valence-corrected chi connectivity index (χ2v) is 11.3. The predicted molar refractivity (Wildman–Crippen MR) is 148 cm³/mol. The number of hydrogen-bond donors (Lipinski definition) is 7. The molecule has 5 rings (SSSR count). The van der Waals surface area contributed by atoms with Crippen LogP contribution in [0.1, 0.15) is 75.8 Å². The van der Waals surface area contributed by atoms with Gasteiger partial charge in [-0.15, -0.1) is 5.48 Å². The smallest absolute Gasteiger partial charge is 0.353 e. The van der Waals surface area contributed by atoms with Crippen molar-refractivity contribution in [2.45, 2.75) is 75.5 Å². The summed E-state index contributed by atoms with van der Waals surface area (Å²) in [6.07, 6.45) is -7.74. The maximum Gasteiger partial charge on any atom is 0.353 e. The topological polar surface area (TPSA) is 239 Å². The van der Waals surface area contributed by atoms with Crippen molar-refractivity contribution in [2.24, 2.45) is 0 Å². The van der Waals surface area contributed by atoms with Crippen LogP contribution in [0.2, 0.25) is 0 Å². The Bertz CT molecular complexity index is 1570. The summed E-state index contributed by atoms with van der Waals surface area (Å²) < 4.78 is 17.1. The number of hydrogen-bond acceptors (Lipinski definition) is 15. The van der Waals surface area contributed by atoms with Crippen LogP contribution >= 0.6 is 0 Å². The summed E-state index contributed by atoms with van der Waals surface area (Å²) in [7, 11) is 1.30. The van der Waals surface area contributed by atoms with E-state index in [-0.39, 0.29) is 34.4 Å². The molecule has 242 valence electrons. The minimum atomic E-state index is -2.34. The Morgan fingerprint density at radius 3 is 2.47 bits per heavy atom. The van der Waals surface area contributed by atoms with Gasteiger partial charge in [-0.05, 0) is 19.9 Å². The molecule has 15 heteroatoms. The lowest BCUT2D eigenvalue weighted by atomic mass is 9.72. The molecule has 15 nitrogen and oxygen atoms in total. The molecule has 3 aliphatic rings. The molecule has 0 aromatic heterocycles. The number of methoxy groups -OCH3 is 1. The first kappa shape index (κ1) is 32.4. The molecule has 5 unspecified atom stereocenters. The average molecular weight is 632 g/mol. The SMILES string of the molecule is COc1cccc2c1C(=O)c1c(O)c3c(c(O)c1C2=O)C[C@@](O)(C(=O)CO)C[C@@H]3OC1CC(NOC(=O)C(C)O)C(O)C(C)O1. The van der Waals surface area contributed by atoms with Gasteiger partial charge in [-0.25, -0.2) is 4.79 Å². The number of carbonyl (C=O) groups excluding carboxylic acids is 4. The second-order valence-electron chi connectivity index (χ2n) is 11.3. The van der Waals surface area contributed by atoms with Crippen LogP contribution in [0.4, 0.5) is 0 Å². The summed E-state index contributed by atoms with van der Waals surface area (Å²) in [5, 5.41) is 64.0. The third kappa shape index (κ3) is 5.46. The number of ether oxygens (including phenoxy) is 3. The number of aliphatic hydroxyl groups is 4. The van der Waals surface area contributed by atoms with Crippen molar-refractivity contribution < 1.29 is 68.9 Å². The lowest BCUT2D eigenvalue weighted by molar-refractivity contribution is -0.257. The van der Waals surface area contributed by atoms with Gasteiger partial charge in [0.1, 0.15) is 29.5 Å². The number of aliphatic hydroxyl groups excluding tert-OH is 3. The van der Waals surface area contributed by atoms with Crippen LogP contribution in [-0.2, 0) is 30.3 Å². The van der Waals surface area contributed by atoms with Gasteiger partial charge in [0.15, 0.2) is 24.0 Å². The molecule has 2 aliphatic carbocycles. The number of nitrogens with one attached hydrogen (secondary N) is 1. The van der Waals surface area contributed by atoms with Crippen LogP contribution in [-0.4, -0.2) is 104 Å². The second kappa shape index (κ2) is 12.1. The Labute approximate surface area is 255 Å². The fourth-order valence-electron chi connectivity index (χ4n) is 6.05. The van der Waals surface area contributed by atoms with Gasteiger partial charge in [0.25, 0.3) is 0 Å². The minimum absolute atomic E-state index is 0.0572. The van der Waals surface area contributed by atoms with Gasteiger partial charge in [0, 0.05) is 36.0 Å². The maximum absolute atomic E-state index is 13.8. The highest BCUT2D eigenvalue weighted by atomic mass is 16.7. The molecular formula is C30H33NO14. The molecule has 1 fully saturated rings. The number of benzene rings is 2. The summed E-state index contributed by atoms with van der Waals surface area (Å²) in [6, 6.07) is 3.29. The van der Waals surface area contributed by atoms with Crippen molar-refractivity contribution in [3.63, 3.8) is 0 Å². The molecule has 1 aliphatic heterocycles. The summed E-state index contributed by atoms with van der Waals surface area (Å²) >= 11 is 0. The standard InChI is InChI=1S/C30H33NO14/c1-11(33)29(40)45-31-15-7-19(43-12(2)24(15)35)44-17-9-30(41,18(34)10-32)8-14-21(17)28(39)23-22(26(14)37)25(36)13-5-4-6-16(42-3)20(13)27(23)38/h4-6,11-12,15,17,19,24,31-33,35,37,39,41H,7-10H2,1-3H3/t11?,12?,15?,17-,19?,24?,30-/m0/s1. The van der Waals surface area contributed by atoms with E-state index >= 15 is 0 Å². The number of carbonyl (C=O) groups is 4. The van der Waals surface area contributed by atoms with E-state index in [1.807, 2.05) is 0 Å². The Morgan fingerprint density at radius 1 is 1.13 bits per heavy atom. The lowest BCUT2D eigenvalue weighted by Gasteiger charge is -2.42. The van der Waals surface area contributed by atoms with Crippen molar-refractivity contribution in [1.29, 1.82) is 0 Å². The van der Waals surface area contributed by atoms with Crippen LogP contribution in [0.5, 0.6) is 17.2 Å². The van der Waals surface area contributed by atoms with Crippen LogP contribution in [0.15, 0.2) is 18.2 Å². The Hall–Kier alpha value is -3.96. The highest BCUT2D eigenvalue weighted by Crippen LogP contribution is 2.52.